The summed E-state index contributed by atoms with van der Waals surface area (Å²) in [6, 6.07) is 0. The number of hydrogen-bond donors (Lipinski definition) is 1. The number of aliphatic carboxylic acids is 1. The van der Waals surface area contributed by atoms with Crippen LogP contribution in [0.4, 0.5) is 0 Å². The molecule has 0 radical (unpaired) electrons. The molecule has 0 aliphatic rings. The molecule has 1 atom stereocenters. The van der Waals surface area contributed by atoms with Gasteiger partial charge in [0.25, 0.3) is 0 Å². The molecule has 0 saturated heterocycles. The van der Waals surface area contributed by atoms with Crippen molar-refractivity contribution in [2.45, 2.75) is 155 Å². The lowest BCUT2D eigenvalue weighted by Crippen LogP contribution is -2.16. The Morgan fingerprint density at radius 3 is 1.52 bits per heavy atom. The van der Waals surface area contributed by atoms with Gasteiger partial charge in [-0.25, -0.2) is 0 Å². The molecule has 0 aromatic carbocycles. The average Bonchev–Trinajstić information content (AvgIpc) is 2.93. The summed E-state index contributed by atoms with van der Waals surface area (Å²) in [7, 11) is 0. The first-order chi connectivity index (χ1) is 19.6. The van der Waals surface area contributed by atoms with Gasteiger partial charge in [-0.1, -0.05) is 133 Å². The van der Waals surface area contributed by atoms with E-state index in [0.29, 0.717) is 19.3 Å². The van der Waals surface area contributed by atoms with Crippen LogP contribution in [0.25, 0.3) is 0 Å². The molecular formula is C36H60O4. The largest absolute Gasteiger partial charge is 0.481 e. The fraction of sp³-hybridized carbons (Fsp3) is 0.667. The van der Waals surface area contributed by atoms with Crippen LogP contribution < -0.4 is 0 Å². The van der Waals surface area contributed by atoms with Gasteiger partial charge in [0.15, 0.2) is 0 Å². The van der Waals surface area contributed by atoms with E-state index in [1.807, 2.05) is 12.2 Å². The quantitative estimate of drug-likeness (QED) is 0.0591. The van der Waals surface area contributed by atoms with Crippen molar-refractivity contribution in [2.24, 2.45) is 0 Å². The van der Waals surface area contributed by atoms with E-state index in [4.69, 9.17) is 9.84 Å². The van der Waals surface area contributed by atoms with E-state index in [1.165, 1.54) is 57.8 Å². The molecule has 4 nitrogen and oxygen atoms in total. The number of allylic oxidation sites excluding steroid dienone is 9. The highest BCUT2D eigenvalue weighted by atomic mass is 16.5. The monoisotopic (exact) mass is 556 g/mol. The van der Waals surface area contributed by atoms with Gasteiger partial charge in [0.2, 0.25) is 0 Å². The molecule has 0 spiro atoms. The minimum absolute atomic E-state index is 0.139. The van der Waals surface area contributed by atoms with Gasteiger partial charge in [-0.2, -0.15) is 0 Å². The van der Waals surface area contributed by atoms with Crippen LogP contribution in [0.3, 0.4) is 0 Å². The van der Waals surface area contributed by atoms with Crippen LogP contribution in [-0.4, -0.2) is 23.1 Å². The Bertz CT molecular complexity index is 729. The summed E-state index contributed by atoms with van der Waals surface area (Å²) in [4.78, 5) is 23.2. The first kappa shape index (κ1) is 37.6. The first-order valence-electron chi connectivity index (χ1n) is 16.3. The van der Waals surface area contributed by atoms with Gasteiger partial charge in [0.05, 0.1) is 0 Å². The minimum Gasteiger partial charge on any atom is -0.481 e. The zero-order valence-corrected chi connectivity index (χ0v) is 25.9. The highest BCUT2D eigenvalue weighted by Gasteiger charge is 2.11. The lowest BCUT2D eigenvalue weighted by Gasteiger charge is -2.14. The second kappa shape index (κ2) is 31.2. The normalized spacial score (nSPS) is 13.1. The van der Waals surface area contributed by atoms with Crippen LogP contribution in [0.1, 0.15) is 149 Å². The van der Waals surface area contributed by atoms with E-state index in [0.717, 1.165) is 51.4 Å². The highest BCUT2D eigenvalue weighted by molar-refractivity contribution is 5.69. The molecule has 0 aliphatic carbocycles. The van der Waals surface area contributed by atoms with Gasteiger partial charge in [0.1, 0.15) is 6.10 Å². The zero-order chi connectivity index (χ0) is 29.4. The highest BCUT2D eigenvalue weighted by Crippen LogP contribution is 2.14. The smallest absolute Gasteiger partial charge is 0.306 e. The first-order valence-corrected chi connectivity index (χ1v) is 16.3. The van der Waals surface area contributed by atoms with Crippen LogP contribution in [0.2, 0.25) is 0 Å². The minimum atomic E-state index is -0.778. The lowest BCUT2D eigenvalue weighted by atomic mass is 10.1. The Morgan fingerprint density at radius 2 is 1.02 bits per heavy atom. The number of carboxylic acids is 1. The van der Waals surface area contributed by atoms with E-state index >= 15 is 0 Å². The summed E-state index contributed by atoms with van der Waals surface area (Å²) in [5.74, 6) is -0.917. The maximum absolute atomic E-state index is 12.4. The van der Waals surface area contributed by atoms with Gasteiger partial charge in [0, 0.05) is 12.8 Å². The van der Waals surface area contributed by atoms with Crippen LogP contribution in [0.15, 0.2) is 60.8 Å². The molecule has 228 valence electrons. The Kier molecular flexibility index (Phi) is 29.3. The van der Waals surface area contributed by atoms with Crippen molar-refractivity contribution in [1.29, 1.82) is 0 Å². The second-order valence-electron chi connectivity index (χ2n) is 10.6. The molecule has 0 bridgehead atoms. The number of carbonyl (C=O) groups excluding carboxylic acids is 1. The molecule has 0 aliphatic heterocycles. The third kappa shape index (κ3) is 30.2. The van der Waals surface area contributed by atoms with Crippen molar-refractivity contribution >= 4 is 11.9 Å². The number of carbonyl (C=O) groups is 2. The van der Waals surface area contributed by atoms with E-state index in [1.54, 1.807) is 0 Å². The summed E-state index contributed by atoms with van der Waals surface area (Å²) < 4.78 is 5.74. The molecule has 1 unspecified atom stereocenters. The molecule has 0 rings (SSSR count). The van der Waals surface area contributed by atoms with E-state index in [9.17, 15) is 9.59 Å². The molecule has 40 heavy (non-hydrogen) atoms. The van der Waals surface area contributed by atoms with Crippen LogP contribution in [0.5, 0.6) is 0 Å². The van der Waals surface area contributed by atoms with Crippen molar-refractivity contribution < 1.29 is 19.4 Å². The molecular weight excluding hydrogens is 496 g/mol. The fourth-order valence-corrected chi connectivity index (χ4v) is 4.36. The van der Waals surface area contributed by atoms with Crippen molar-refractivity contribution in [1.82, 2.24) is 0 Å². The predicted octanol–water partition coefficient (Wildman–Crippen LogP) is 11.0. The number of unbranched alkanes of at least 4 members (excludes halogenated alkanes) is 11. The van der Waals surface area contributed by atoms with Crippen molar-refractivity contribution in [3.63, 3.8) is 0 Å². The van der Waals surface area contributed by atoms with E-state index in [-0.39, 0.29) is 18.5 Å². The summed E-state index contributed by atoms with van der Waals surface area (Å²) in [6.45, 7) is 4.40. The number of carboxylic acid groups (broad SMARTS) is 1. The number of ether oxygens (including phenoxy) is 1. The van der Waals surface area contributed by atoms with E-state index in [2.05, 4.69) is 62.5 Å². The molecule has 1 N–H and O–H groups in total. The second-order valence-corrected chi connectivity index (χ2v) is 10.6. The molecule has 0 saturated carbocycles. The lowest BCUT2D eigenvalue weighted by molar-refractivity contribution is -0.147. The topological polar surface area (TPSA) is 63.6 Å². The Hall–Kier alpha value is -2.36. The van der Waals surface area contributed by atoms with Crippen molar-refractivity contribution in [2.75, 3.05) is 0 Å². The number of esters is 1. The standard InChI is InChI=1S/C36H60O4/c1-3-5-7-9-11-13-15-16-17-19-20-22-24-26-30-34(31-28-29-32-35(37)38)40-36(39)33-27-25-23-21-18-14-12-10-8-6-4-2/h5,7,11,13,16-17,20,22,26,30,34H,3-4,6,8-10,12,14-15,18-19,21,23-25,27-29,31-33H2,1-2H3,(H,37,38)/b7-5-,13-11-,17-16-,22-20-,30-26-. The molecule has 0 aromatic rings. The predicted molar refractivity (Wildman–Crippen MR) is 172 cm³/mol. The molecule has 0 amide bonds. The summed E-state index contributed by atoms with van der Waals surface area (Å²) in [6.07, 6.45) is 42.3. The summed E-state index contributed by atoms with van der Waals surface area (Å²) in [5, 5.41) is 8.88. The Labute approximate surface area is 246 Å². The number of rotatable bonds is 28. The van der Waals surface area contributed by atoms with Crippen LogP contribution in [-0.2, 0) is 14.3 Å². The fourth-order valence-electron chi connectivity index (χ4n) is 4.36. The molecule has 0 fully saturated rings. The van der Waals surface area contributed by atoms with Gasteiger partial charge in [-0.3, -0.25) is 9.59 Å². The maximum atomic E-state index is 12.4. The average molecular weight is 557 g/mol. The summed E-state index contributed by atoms with van der Waals surface area (Å²) >= 11 is 0. The van der Waals surface area contributed by atoms with Crippen molar-refractivity contribution in [3.8, 4) is 0 Å². The maximum Gasteiger partial charge on any atom is 0.306 e. The molecule has 0 heterocycles. The van der Waals surface area contributed by atoms with Crippen LogP contribution >= 0.6 is 0 Å². The Balaban J connectivity index is 4.20. The van der Waals surface area contributed by atoms with Gasteiger partial charge >= 0.3 is 11.9 Å². The van der Waals surface area contributed by atoms with Gasteiger partial charge in [-0.15, -0.1) is 0 Å². The van der Waals surface area contributed by atoms with E-state index < -0.39 is 5.97 Å². The Morgan fingerprint density at radius 1 is 0.575 bits per heavy atom. The van der Waals surface area contributed by atoms with Gasteiger partial charge in [-0.05, 0) is 63.9 Å². The van der Waals surface area contributed by atoms with Crippen LogP contribution in [0, 0.1) is 0 Å². The number of hydrogen-bond acceptors (Lipinski definition) is 3. The summed E-state index contributed by atoms with van der Waals surface area (Å²) in [5.41, 5.74) is 0. The SMILES string of the molecule is CC/C=C\C/C=C\C/C=C\C/C=C\C/C=C\C(CCCCC(=O)O)OC(=O)CCCCCCCCCCCCC. The van der Waals surface area contributed by atoms with Gasteiger partial charge < -0.3 is 9.84 Å². The zero-order valence-electron chi connectivity index (χ0n) is 25.9. The molecule has 0 aromatic heterocycles. The third-order valence-corrected chi connectivity index (χ3v) is 6.74. The third-order valence-electron chi connectivity index (χ3n) is 6.74. The molecule has 4 heteroatoms. The van der Waals surface area contributed by atoms with Crippen molar-refractivity contribution in [3.05, 3.63) is 60.8 Å².